The van der Waals surface area contributed by atoms with Crippen LogP contribution in [0.3, 0.4) is 0 Å². The molecular weight excluding hydrogens is 249 g/mol. The van der Waals surface area contributed by atoms with Crippen LogP contribution < -0.4 is 5.32 Å². The third kappa shape index (κ3) is 2.85. The van der Waals surface area contributed by atoms with E-state index in [-0.39, 0.29) is 0 Å². The van der Waals surface area contributed by atoms with Crippen LogP contribution >= 0.6 is 0 Å². The lowest BCUT2D eigenvalue weighted by atomic mass is 10.2. The highest BCUT2D eigenvalue weighted by atomic mass is 19.4. The smallest absolute Gasteiger partial charge is 0.379 e. The average Bonchev–Trinajstić information content (AvgIpc) is 2.63. The van der Waals surface area contributed by atoms with Gasteiger partial charge in [-0.25, -0.2) is 0 Å². The number of amides is 1. The number of halogens is 5. The Labute approximate surface area is 94.3 Å². The van der Waals surface area contributed by atoms with E-state index >= 15 is 0 Å². The van der Waals surface area contributed by atoms with E-state index < -0.39 is 30.2 Å². The van der Waals surface area contributed by atoms with E-state index in [1.54, 1.807) is 5.32 Å². The van der Waals surface area contributed by atoms with Crippen molar-refractivity contribution >= 4 is 5.91 Å². The largest absolute Gasteiger partial charge is 0.463 e. The molecule has 0 spiro atoms. The van der Waals surface area contributed by atoms with Crippen molar-refractivity contribution in [2.45, 2.75) is 43.5 Å². The SMILES string of the molecule is COC1CCCC1NC(=O)C(F)(F)C(F)(F)F. The quantitative estimate of drug-likeness (QED) is 0.787. The summed E-state index contributed by atoms with van der Waals surface area (Å²) in [5.74, 6) is -7.69. The van der Waals surface area contributed by atoms with Crippen molar-refractivity contribution in [1.82, 2.24) is 5.32 Å². The highest BCUT2D eigenvalue weighted by Crippen LogP contribution is 2.36. The standard InChI is InChI=1S/C9H12F5NO2/c1-17-6-4-2-3-5(6)15-7(16)8(10,11)9(12,13)14/h5-6H,2-4H2,1H3,(H,15,16). The van der Waals surface area contributed by atoms with Crippen molar-refractivity contribution < 1.29 is 31.5 Å². The molecular formula is C9H12F5NO2. The van der Waals surface area contributed by atoms with Gasteiger partial charge in [-0.05, 0) is 19.3 Å². The Morgan fingerprint density at radius 3 is 2.29 bits per heavy atom. The van der Waals surface area contributed by atoms with Crippen molar-refractivity contribution in [2.24, 2.45) is 0 Å². The summed E-state index contributed by atoms with van der Waals surface area (Å²) < 4.78 is 65.8. The fraction of sp³-hybridized carbons (Fsp3) is 0.889. The Morgan fingerprint density at radius 1 is 1.24 bits per heavy atom. The number of nitrogens with one attached hydrogen (secondary N) is 1. The average molecular weight is 261 g/mol. The van der Waals surface area contributed by atoms with E-state index in [9.17, 15) is 26.7 Å². The molecule has 0 heterocycles. The molecule has 100 valence electrons. The maximum absolute atomic E-state index is 12.6. The Kier molecular flexibility index (Phi) is 3.95. The number of hydrogen-bond acceptors (Lipinski definition) is 2. The van der Waals surface area contributed by atoms with Crippen LogP contribution in [0.1, 0.15) is 19.3 Å². The van der Waals surface area contributed by atoms with Crippen LogP contribution in [0, 0.1) is 0 Å². The number of methoxy groups -OCH3 is 1. The van der Waals surface area contributed by atoms with Crippen LogP contribution in [0.25, 0.3) is 0 Å². The summed E-state index contributed by atoms with van der Waals surface area (Å²) in [5.41, 5.74) is 0. The zero-order valence-corrected chi connectivity index (χ0v) is 8.98. The van der Waals surface area contributed by atoms with Gasteiger partial charge in [-0.3, -0.25) is 4.79 Å². The molecule has 1 aliphatic rings. The molecule has 0 saturated heterocycles. The van der Waals surface area contributed by atoms with E-state index in [2.05, 4.69) is 0 Å². The molecule has 3 nitrogen and oxygen atoms in total. The third-order valence-electron chi connectivity index (χ3n) is 2.71. The van der Waals surface area contributed by atoms with Gasteiger partial charge in [0.25, 0.3) is 0 Å². The van der Waals surface area contributed by atoms with Crippen LogP contribution in [-0.4, -0.2) is 37.3 Å². The van der Waals surface area contributed by atoms with Gasteiger partial charge in [-0.15, -0.1) is 0 Å². The molecule has 0 radical (unpaired) electrons. The number of rotatable bonds is 3. The predicted molar refractivity (Wildman–Crippen MR) is 47.6 cm³/mol. The lowest BCUT2D eigenvalue weighted by Crippen LogP contribution is -2.54. The summed E-state index contributed by atoms with van der Waals surface area (Å²) in [7, 11) is 1.32. The van der Waals surface area contributed by atoms with Gasteiger partial charge < -0.3 is 10.1 Å². The molecule has 1 fully saturated rings. The fourth-order valence-corrected chi connectivity index (χ4v) is 1.76. The van der Waals surface area contributed by atoms with E-state index in [0.717, 1.165) is 0 Å². The van der Waals surface area contributed by atoms with Crippen LogP contribution in [0.5, 0.6) is 0 Å². The maximum atomic E-state index is 12.6. The predicted octanol–water partition coefficient (Wildman–Crippen LogP) is 1.87. The van der Waals surface area contributed by atoms with Crippen LogP contribution in [-0.2, 0) is 9.53 Å². The first-order chi connectivity index (χ1) is 7.70. The molecule has 2 unspecified atom stereocenters. The molecule has 1 rings (SSSR count). The van der Waals surface area contributed by atoms with Crippen molar-refractivity contribution in [3.8, 4) is 0 Å². The topological polar surface area (TPSA) is 38.3 Å². The number of hydrogen-bond donors (Lipinski definition) is 1. The normalized spacial score (nSPS) is 26.0. The van der Waals surface area contributed by atoms with Gasteiger partial charge in [0.1, 0.15) is 0 Å². The summed E-state index contributed by atoms with van der Waals surface area (Å²) in [5, 5.41) is 1.69. The monoisotopic (exact) mass is 261 g/mol. The Balaban J connectivity index is 2.66. The molecule has 1 N–H and O–H groups in total. The minimum atomic E-state index is -5.88. The van der Waals surface area contributed by atoms with E-state index in [4.69, 9.17) is 4.74 Å². The molecule has 17 heavy (non-hydrogen) atoms. The van der Waals surface area contributed by atoms with E-state index in [1.807, 2.05) is 0 Å². The molecule has 0 aromatic heterocycles. The highest BCUT2D eigenvalue weighted by Gasteiger charge is 2.63. The van der Waals surface area contributed by atoms with Crippen LogP contribution in [0.4, 0.5) is 22.0 Å². The van der Waals surface area contributed by atoms with Crippen molar-refractivity contribution in [3.63, 3.8) is 0 Å². The van der Waals surface area contributed by atoms with Crippen LogP contribution in [0.15, 0.2) is 0 Å². The Morgan fingerprint density at radius 2 is 1.82 bits per heavy atom. The lowest BCUT2D eigenvalue weighted by Gasteiger charge is -2.24. The van der Waals surface area contributed by atoms with Gasteiger partial charge in [-0.2, -0.15) is 22.0 Å². The number of carbonyl (C=O) groups excluding carboxylic acids is 1. The Bertz CT molecular complexity index is 292. The first kappa shape index (κ1) is 14.1. The first-order valence-corrected chi connectivity index (χ1v) is 4.98. The minimum Gasteiger partial charge on any atom is -0.379 e. The van der Waals surface area contributed by atoms with E-state index in [0.29, 0.717) is 19.3 Å². The zero-order valence-electron chi connectivity index (χ0n) is 8.98. The fourth-order valence-electron chi connectivity index (χ4n) is 1.76. The molecule has 8 heteroatoms. The van der Waals surface area contributed by atoms with Gasteiger partial charge >= 0.3 is 18.0 Å². The van der Waals surface area contributed by atoms with Crippen LogP contribution in [0.2, 0.25) is 0 Å². The lowest BCUT2D eigenvalue weighted by molar-refractivity contribution is -0.270. The Hall–Kier alpha value is -0.920. The van der Waals surface area contributed by atoms with E-state index in [1.165, 1.54) is 7.11 Å². The highest BCUT2D eigenvalue weighted by molar-refractivity contribution is 5.84. The van der Waals surface area contributed by atoms with Gasteiger partial charge in [0.05, 0.1) is 12.1 Å². The summed E-state index contributed by atoms with van der Waals surface area (Å²) in [6, 6.07) is -0.791. The summed E-state index contributed by atoms with van der Waals surface area (Å²) in [6.07, 6.45) is -4.92. The second kappa shape index (κ2) is 4.75. The molecule has 1 aliphatic carbocycles. The molecule has 0 aromatic rings. The first-order valence-electron chi connectivity index (χ1n) is 4.98. The van der Waals surface area contributed by atoms with Crippen molar-refractivity contribution in [3.05, 3.63) is 0 Å². The molecule has 2 atom stereocenters. The molecule has 0 aliphatic heterocycles. The van der Waals surface area contributed by atoms with Gasteiger partial charge in [0, 0.05) is 7.11 Å². The number of ether oxygens (including phenoxy) is 1. The summed E-state index contributed by atoms with van der Waals surface area (Å²) in [6.45, 7) is 0. The van der Waals surface area contributed by atoms with Gasteiger partial charge in [0.15, 0.2) is 0 Å². The molecule has 1 amide bonds. The third-order valence-corrected chi connectivity index (χ3v) is 2.71. The minimum absolute atomic E-state index is 0.332. The second-order valence-electron chi connectivity index (χ2n) is 3.86. The number of alkyl halides is 5. The summed E-state index contributed by atoms with van der Waals surface area (Å²) >= 11 is 0. The van der Waals surface area contributed by atoms with Gasteiger partial charge in [0.2, 0.25) is 0 Å². The number of carbonyl (C=O) groups is 1. The molecule has 0 bridgehead atoms. The maximum Gasteiger partial charge on any atom is 0.463 e. The molecule has 1 saturated carbocycles. The van der Waals surface area contributed by atoms with Crippen molar-refractivity contribution in [2.75, 3.05) is 7.11 Å². The summed E-state index contributed by atoms with van der Waals surface area (Å²) in [4.78, 5) is 10.9. The zero-order chi connectivity index (χ0) is 13.3. The van der Waals surface area contributed by atoms with Gasteiger partial charge in [-0.1, -0.05) is 0 Å². The molecule has 0 aromatic carbocycles. The van der Waals surface area contributed by atoms with Crippen molar-refractivity contribution in [1.29, 1.82) is 0 Å². The second-order valence-corrected chi connectivity index (χ2v) is 3.86.